The Morgan fingerprint density at radius 1 is 0.958 bits per heavy atom. The minimum Gasteiger partial charge on any atom is -0.378 e. The largest absolute Gasteiger partial charge is 0.378 e. The standard InChI is InChI=1S/C21H23N3/c1-15-6-10-20(11-7-15)24-17(3)21(16(2)22-24)14-18-8-12-19(13-9-18)23(4)5/h6-14H,3H2,1-2,4-5H3/b21-14+. The van der Waals surface area contributed by atoms with Crippen LogP contribution in [0.2, 0.25) is 0 Å². The van der Waals surface area contributed by atoms with E-state index >= 15 is 0 Å². The summed E-state index contributed by atoms with van der Waals surface area (Å²) in [5.74, 6) is 0. The average molecular weight is 317 g/mol. The Morgan fingerprint density at radius 2 is 1.58 bits per heavy atom. The third-order valence-corrected chi connectivity index (χ3v) is 4.21. The van der Waals surface area contributed by atoms with Crippen molar-refractivity contribution in [3.63, 3.8) is 0 Å². The number of aromatic nitrogens is 2. The van der Waals surface area contributed by atoms with Gasteiger partial charge in [0, 0.05) is 25.0 Å². The topological polar surface area (TPSA) is 21.1 Å². The van der Waals surface area contributed by atoms with E-state index in [2.05, 4.69) is 78.1 Å². The summed E-state index contributed by atoms with van der Waals surface area (Å²) in [6, 6.07) is 16.8. The molecule has 0 saturated carbocycles. The highest BCUT2D eigenvalue weighted by atomic mass is 15.3. The molecule has 3 aromatic rings. The molecule has 2 aromatic carbocycles. The zero-order valence-electron chi connectivity index (χ0n) is 14.7. The highest BCUT2D eigenvalue weighted by molar-refractivity contribution is 5.56. The molecule has 0 aliphatic heterocycles. The van der Waals surface area contributed by atoms with Gasteiger partial charge < -0.3 is 4.90 Å². The minimum atomic E-state index is 0.910. The molecule has 0 unspecified atom stereocenters. The Bertz CT molecular complexity index is 946. The third kappa shape index (κ3) is 3.11. The number of aryl methyl sites for hydroxylation is 2. The molecule has 3 rings (SSSR count). The van der Waals surface area contributed by atoms with Gasteiger partial charge in [-0.2, -0.15) is 5.10 Å². The van der Waals surface area contributed by atoms with E-state index < -0.39 is 0 Å². The minimum absolute atomic E-state index is 0.910. The number of hydrogen-bond donors (Lipinski definition) is 0. The molecular formula is C21H23N3. The van der Waals surface area contributed by atoms with Crippen molar-refractivity contribution in [1.29, 1.82) is 0 Å². The normalized spacial score (nSPS) is 11.8. The lowest BCUT2D eigenvalue weighted by atomic mass is 10.1. The first-order valence-electron chi connectivity index (χ1n) is 8.06. The molecule has 3 heteroatoms. The first kappa shape index (κ1) is 16.1. The molecule has 0 aliphatic carbocycles. The van der Waals surface area contributed by atoms with Crippen LogP contribution in [0.1, 0.15) is 16.8 Å². The summed E-state index contributed by atoms with van der Waals surface area (Å²) in [5.41, 5.74) is 5.60. The SMILES string of the molecule is C=c1/c(=C/c2ccc(N(C)C)cc2)c(C)nn1-c1ccc(C)cc1. The van der Waals surface area contributed by atoms with E-state index in [4.69, 9.17) is 0 Å². The molecule has 122 valence electrons. The summed E-state index contributed by atoms with van der Waals surface area (Å²) in [5, 5.41) is 6.65. The van der Waals surface area contributed by atoms with Gasteiger partial charge in [0.05, 0.1) is 16.7 Å². The highest BCUT2D eigenvalue weighted by Gasteiger charge is 2.04. The highest BCUT2D eigenvalue weighted by Crippen LogP contribution is 2.12. The van der Waals surface area contributed by atoms with Crippen LogP contribution in [-0.2, 0) is 0 Å². The molecule has 0 amide bonds. The van der Waals surface area contributed by atoms with Crippen LogP contribution in [0.15, 0.2) is 48.5 Å². The van der Waals surface area contributed by atoms with E-state index in [1.54, 1.807) is 0 Å². The van der Waals surface area contributed by atoms with Crippen LogP contribution in [0.5, 0.6) is 0 Å². The molecule has 3 nitrogen and oxygen atoms in total. The lowest BCUT2D eigenvalue weighted by molar-refractivity contribution is 0.840. The number of rotatable bonds is 3. The van der Waals surface area contributed by atoms with Gasteiger partial charge in [0.25, 0.3) is 0 Å². The molecule has 0 bridgehead atoms. The monoisotopic (exact) mass is 317 g/mol. The molecule has 0 saturated heterocycles. The van der Waals surface area contributed by atoms with Crippen molar-refractivity contribution in [3.8, 4) is 5.69 Å². The molecular weight excluding hydrogens is 294 g/mol. The van der Waals surface area contributed by atoms with E-state index in [0.717, 1.165) is 27.5 Å². The summed E-state index contributed by atoms with van der Waals surface area (Å²) < 4.78 is 1.91. The molecule has 0 aliphatic rings. The smallest absolute Gasteiger partial charge is 0.0676 e. The molecule has 0 radical (unpaired) electrons. The first-order chi connectivity index (χ1) is 11.5. The van der Waals surface area contributed by atoms with Crippen LogP contribution in [0.4, 0.5) is 5.69 Å². The van der Waals surface area contributed by atoms with Gasteiger partial charge in [0.2, 0.25) is 0 Å². The van der Waals surface area contributed by atoms with Crippen molar-refractivity contribution in [1.82, 2.24) is 9.78 Å². The number of anilines is 1. The van der Waals surface area contributed by atoms with Crippen LogP contribution < -0.4 is 15.5 Å². The molecule has 1 heterocycles. The van der Waals surface area contributed by atoms with Crippen LogP contribution >= 0.6 is 0 Å². The number of benzene rings is 2. The van der Waals surface area contributed by atoms with Crippen molar-refractivity contribution in [2.24, 2.45) is 0 Å². The predicted molar refractivity (Wildman–Crippen MR) is 102 cm³/mol. The zero-order valence-corrected chi connectivity index (χ0v) is 14.7. The van der Waals surface area contributed by atoms with Gasteiger partial charge in [-0.25, -0.2) is 4.68 Å². The fraction of sp³-hybridized carbons (Fsp3) is 0.190. The maximum absolute atomic E-state index is 4.67. The van der Waals surface area contributed by atoms with Gasteiger partial charge in [0.15, 0.2) is 0 Å². The van der Waals surface area contributed by atoms with Crippen molar-refractivity contribution in [2.45, 2.75) is 13.8 Å². The Labute approximate surface area is 143 Å². The number of nitrogens with zero attached hydrogens (tertiary/aromatic N) is 3. The average Bonchev–Trinajstić information content (AvgIpc) is 2.84. The van der Waals surface area contributed by atoms with E-state index in [-0.39, 0.29) is 0 Å². The van der Waals surface area contributed by atoms with Crippen molar-refractivity contribution in [3.05, 3.63) is 75.9 Å². The van der Waals surface area contributed by atoms with Gasteiger partial charge in [-0.15, -0.1) is 0 Å². The predicted octanol–water partition coefficient (Wildman–Crippen LogP) is 2.79. The summed E-state index contributed by atoms with van der Waals surface area (Å²) in [6.07, 6.45) is 2.15. The van der Waals surface area contributed by atoms with Gasteiger partial charge in [0.1, 0.15) is 0 Å². The summed E-state index contributed by atoms with van der Waals surface area (Å²) in [6.45, 7) is 8.35. The second kappa shape index (κ2) is 6.36. The molecule has 0 fully saturated rings. The summed E-state index contributed by atoms with van der Waals surface area (Å²) >= 11 is 0. The lowest BCUT2D eigenvalue weighted by Crippen LogP contribution is -2.27. The third-order valence-electron chi connectivity index (χ3n) is 4.21. The van der Waals surface area contributed by atoms with Gasteiger partial charge in [-0.3, -0.25) is 0 Å². The van der Waals surface area contributed by atoms with Gasteiger partial charge in [-0.05, 0) is 49.8 Å². The Morgan fingerprint density at radius 3 is 2.17 bits per heavy atom. The lowest BCUT2D eigenvalue weighted by Gasteiger charge is -2.11. The van der Waals surface area contributed by atoms with Crippen LogP contribution in [-0.4, -0.2) is 23.9 Å². The second-order valence-corrected chi connectivity index (χ2v) is 6.32. The van der Waals surface area contributed by atoms with Crippen LogP contribution in [0.25, 0.3) is 18.3 Å². The van der Waals surface area contributed by atoms with Crippen molar-refractivity contribution in [2.75, 3.05) is 19.0 Å². The second-order valence-electron chi connectivity index (χ2n) is 6.32. The molecule has 0 atom stereocenters. The van der Waals surface area contributed by atoms with Crippen molar-refractivity contribution >= 4 is 18.3 Å². The first-order valence-corrected chi connectivity index (χ1v) is 8.06. The fourth-order valence-corrected chi connectivity index (χ4v) is 2.71. The molecule has 0 spiro atoms. The Kier molecular flexibility index (Phi) is 4.26. The number of hydrogen-bond acceptors (Lipinski definition) is 2. The fourth-order valence-electron chi connectivity index (χ4n) is 2.71. The van der Waals surface area contributed by atoms with E-state index in [1.165, 1.54) is 11.3 Å². The van der Waals surface area contributed by atoms with Gasteiger partial charge >= 0.3 is 0 Å². The van der Waals surface area contributed by atoms with E-state index in [1.807, 2.05) is 25.7 Å². The quantitative estimate of drug-likeness (QED) is 0.741. The molecule has 1 aromatic heterocycles. The zero-order chi connectivity index (χ0) is 17.3. The Hall–Kier alpha value is -2.81. The maximum atomic E-state index is 4.67. The van der Waals surface area contributed by atoms with Crippen molar-refractivity contribution < 1.29 is 0 Å². The van der Waals surface area contributed by atoms with E-state index in [9.17, 15) is 0 Å². The van der Waals surface area contributed by atoms with Crippen LogP contribution in [0.3, 0.4) is 0 Å². The maximum Gasteiger partial charge on any atom is 0.0676 e. The summed E-state index contributed by atoms with van der Waals surface area (Å²) in [4.78, 5) is 2.09. The molecule has 0 N–H and O–H groups in total. The molecule has 24 heavy (non-hydrogen) atoms. The summed E-state index contributed by atoms with van der Waals surface area (Å²) in [7, 11) is 4.09. The van der Waals surface area contributed by atoms with E-state index in [0.29, 0.717) is 0 Å². The van der Waals surface area contributed by atoms with Gasteiger partial charge in [-0.1, -0.05) is 36.4 Å². The van der Waals surface area contributed by atoms with Crippen LogP contribution in [0, 0.1) is 13.8 Å². The Balaban J connectivity index is 2.05.